The van der Waals surface area contributed by atoms with Crippen LogP contribution in [0.4, 0.5) is 0 Å². The summed E-state index contributed by atoms with van der Waals surface area (Å²) in [6.45, 7) is 2.45. The van der Waals surface area contributed by atoms with Crippen LogP contribution in [0, 0.1) is 0 Å². The number of aromatic nitrogens is 2. The number of nitrogens with zero attached hydrogens (tertiary/aromatic N) is 3. The Hall–Kier alpha value is -1.07. The third-order valence-corrected chi connectivity index (χ3v) is 3.01. The summed E-state index contributed by atoms with van der Waals surface area (Å²) in [6.07, 6.45) is 4.52. The highest BCUT2D eigenvalue weighted by Crippen LogP contribution is 2.23. The second kappa shape index (κ2) is 4.43. The summed E-state index contributed by atoms with van der Waals surface area (Å²) in [4.78, 5) is 17.2. The summed E-state index contributed by atoms with van der Waals surface area (Å²) in [5.41, 5.74) is 0. The number of likely N-dealkylation sites (tertiary alicyclic amines) is 1. The lowest BCUT2D eigenvalue weighted by molar-refractivity contribution is -0.129. The maximum absolute atomic E-state index is 11.7. The number of aliphatic hydroxyl groups is 1. The molecule has 0 bridgehead atoms. The van der Waals surface area contributed by atoms with Crippen molar-refractivity contribution in [2.75, 3.05) is 13.1 Å². The lowest BCUT2D eigenvalue weighted by Gasteiger charge is -2.17. The van der Waals surface area contributed by atoms with Gasteiger partial charge in [0.1, 0.15) is 5.38 Å². The van der Waals surface area contributed by atoms with Gasteiger partial charge in [-0.2, -0.15) is 0 Å². The Bertz CT molecular complexity index is 366. The minimum absolute atomic E-state index is 0.123. The number of carbonyl (C=O) groups is 1. The van der Waals surface area contributed by atoms with Gasteiger partial charge in [0, 0.05) is 25.5 Å². The van der Waals surface area contributed by atoms with Crippen molar-refractivity contribution in [3.05, 3.63) is 18.7 Å². The van der Waals surface area contributed by atoms with Gasteiger partial charge >= 0.3 is 0 Å². The molecule has 1 saturated heterocycles. The molecular formula is C10H14ClN3O2. The zero-order valence-corrected chi connectivity index (χ0v) is 9.71. The molecule has 2 heterocycles. The van der Waals surface area contributed by atoms with Gasteiger partial charge in [-0.25, -0.2) is 4.98 Å². The molecule has 1 N–H and O–H groups in total. The van der Waals surface area contributed by atoms with Gasteiger partial charge < -0.3 is 14.6 Å². The van der Waals surface area contributed by atoms with E-state index in [1.165, 1.54) is 0 Å². The van der Waals surface area contributed by atoms with Gasteiger partial charge in [0.2, 0.25) is 5.91 Å². The molecule has 0 spiro atoms. The number of hydrogen-bond acceptors (Lipinski definition) is 3. The first-order chi connectivity index (χ1) is 7.59. The van der Waals surface area contributed by atoms with Gasteiger partial charge in [-0.3, -0.25) is 4.79 Å². The van der Waals surface area contributed by atoms with Crippen molar-refractivity contribution >= 4 is 17.5 Å². The molecule has 0 aromatic carbocycles. The number of rotatable bonds is 2. The number of halogens is 1. The van der Waals surface area contributed by atoms with E-state index in [1.807, 2.05) is 4.57 Å². The summed E-state index contributed by atoms with van der Waals surface area (Å²) in [7, 11) is 0. The molecule has 5 nitrogen and oxygen atoms in total. The molecule has 1 aromatic heterocycles. The van der Waals surface area contributed by atoms with Crippen molar-refractivity contribution in [3.8, 4) is 0 Å². The van der Waals surface area contributed by atoms with E-state index in [1.54, 1.807) is 30.5 Å². The molecule has 1 amide bonds. The molecule has 16 heavy (non-hydrogen) atoms. The van der Waals surface area contributed by atoms with E-state index in [-0.39, 0.29) is 11.9 Å². The summed E-state index contributed by atoms with van der Waals surface area (Å²) in [5.74, 6) is -0.136. The number of carbonyl (C=O) groups excluding carboxylic acids is 1. The van der Waals surface area contributed by atoms with Crippen LogP contribution in [0.15, 0.2) is 18.7 Å². The van der Waals surface area contributed by atoms with Crippen LogP contribution in [0.25, 0.3) is 0 Å². The number of β-amino-alcohol motifs (C(OH)–C–C–N with tert-alkyl or cyclic N) is 1. The number of amides is 1. The van der Waals surface area contributed by atoms with Crippen LogP contribution >= 0.6 is 11.6 Å². The molecule has 1 aliphatic rings. The highest BCUT2D eigenvalue weighted by atomic mass is 35.5. The van der Waals surface area contributed by atoms with Crippen LogP contribution in [-0.4, -0.2) is 50.0 Å². The van der Waals surface area contributed by atoms with E-state index in [2.05, 4.69) is 4.98 Å². The highest BCUT2D eigenvalue weighted by molar-refractivity contribution is 6.30. The second-order valence-corrected chi connectivity index (χ2v) is 4.66. The van der Waals surface area contributed by atoms with Crippen LogP contribution in [-0.2, 0) is 4.79 Å². The zero-order chi connectivity index (χ0) is 11.7. The van der Waals surface area contributed by atoms with E-state index in [9.17, 15) is 9.90 Å². The lowest BCUT2D eigenvalue weighted by atomic mass is 10.2. The van der Waals surface area contributed by atoms with Crippen LogP contribution in [0.2, 0.25) is 0 Å². The molecule has 88 valence electrons. The van der Waals surface area contributed by atoms with Gasteiger partial charge in [-0.1, -0.05) is 0 Å². The Kier molecular flexibility index (Phi) is 3.16. The van der Waals surface area contributed by atoms with E-state index in [4.69, 9.17) is 11.6 Å². The lowest BCUT2D eigenvalue weighted by Crippen LogP contribution is -2.34. The second-order valence-electron chi connectivity index (χ2n) is 4.00. The predicted octanol–water partition coefficient (Wildman–Crippen LogP) is 0.255. The van der Waals surface area contributed by atoms with Crippen LogP contribution in [0.3, 0.4) is 0 Å². The van der Waals surface area contributed by atoms with Gasteiger partial charge in [-0.15, -0.1) is 11.6 Å². The fourth-order valence-corrected chi connectivity index (χ4v) is 2.10. The van der Waals surface area contributed by atoms with Crippen molar-refractivity contribution in [1.82, 2.24) is 14.5 Å². The third-order valence-electron chi connectivity index (χ3n) is 2.82. The first kappa shape index (κ1) is 11.4. The smallest absolute Gasteiger partial charge is 0.240 e. The molecule has 0 radical (unpaired) electrons. The first-order valence-electron chi connectivity index (χ1n) is 5.18. The molecule has 1 aliphatic heterocycles. The molecule has 0 saturated carbocycles. The fourth-order valence-electron chi connectivity index (χ4n) is 1.96. The van der Waals surface area contributed by atoms with Crippen LogP contribution < -0.4 is 0 Å². The van der Waals surface area contributed by atoms with Crippen molar-refractivity contribution in [1.29, 1.82) is 0 Å². The monoisotopic (exact) mass is 243 g/mol. The minimum Gasteiger partial charge on any atom is -0.389 e. The van der Waals surface area contributed by atoms with Gasteiger partial charge in [0.05, 0.1) is 18.5 Å². The van der Waals surface area contributed by atoms with E-state index in [0.29, 0.717) is 13.1 Å². The number of hydrogen-bond donors (Lipinski definition) is 1. The fraction of sp³-hybridized carbons (Fsp3) is 0.600. The molecule has 3 atom stereocenters. The number of aliphatic hydroxyl groups excluding tert-OH is 1. The van der Waals surface area contributed by atoms with Gasteiger partial charge in [0.25, 0.3) is 0 Å². The summed E-state index contributed by atoms with van der Waals surface area (Å²) >= 11 is 5.74. The van der Waals surface area contributed by atoms with Crippen molar-refractivity contribution in [2.24, 2.45) is 0 Å². The first-order valence-corrected chi connectivity index (χ1v) is 5.61. The Balaban J connectivity index is 2.08. The molecule has 1 fully saturated rings. The average molecular weight is 244 g/mol. The van der Waals surface area contributed by atoms with E-state index >= 15 is 0 Å². The van der Waals surface area contributed by atoms with E-state index < -0.39 is 11.5 Å². The van der Waals surface area contributed by atoms with Crippen molar-refractivity contribution in [2.45, 2.75) is 24.4 Å². The Labute approximate surface area is 98.6 Å². The van der Waals surface area contributed by atoms with Crippen LogP contribution in [0.1, 0.15) is 13.0 Å². The Morgan fingerprint density at radius 2 is 2.38 bits per heavy atom. The number of alkyl halides is 1. The standard InChI is InChI=1S/C10H14ClN3O2/c1-7(11)10(16)14-4-8(9(15)5-14)13-3-2-12-6-13/h2-3,6-9,15H,4-5H2,1H3/t7-,8+,9-/m0/s1. The maximum Gasteiger partial charge on any atom is 0.240 e. The zero-order valence-electron chi connectivity index (χ0n) is 8.95. The molecule has 6 heteroatoms. The predicted molar refractivity (Wildman–Crippen MR) is 59.2 cm³/mol. The van der Waals surface area contributed by atoms with Gasteiger partial charge in [-0.05, 0) is 6.92 Å². The molecule has 0 unspecified atom stereocenters. The number of imidazole rings is 1. The summed E-state index contributed by atoms with van der Waals surface area (Å²) in [6, 6.07) is -0.123. The Morgan fingerprint density at radius 1 is 1.62 bits per heavy atom. The van der Waals surface area contributed by atoms with Gasteiger partial charge in [0.15, 0.2) is 0 Å². The quantitative estimate of drug-likeness (QED) is 0.758. The third kappa shape index (κ3) is 2.05. The highest BCUT2D eigenvalue weighted by Gasteiger charge is 2.35. The minimum atomic E-state index is -0.562. The van der Waals surface area contributed by atoms with Crippen LogP contribution in [0.5, 0.6) is 0 Å². The normalized spacial score (nSPS) is 27.1. The maximum atomic E-state index is 11.7. The molecule has 0 aliphatic carbocycles. The molecular weight excluding hydrogens is 230 g/mol. The summed E-state index contributed by atoms with van der Waals surface area (Å²) < 4.78 is 1.82. The average Bonchev–Trinajstić information content (AvgIpc) is 2.84. The summed E-state index contributed by atoms with van der Waals surface area (Å²) in [5, 5.41) is 9.33. The Morgan fingerprint density at radius 3 is 2.94 bits per heavy atom. The van der Waals surface area contributed by atoms with Crippen molar-refractivity contribution in [3.63, 3.8) is 0 Å². The van der Waals surface area contributed by atoms with Crippen molar-refractivity contribution < 1.29 is 9.90 Å². The van der Waals surface area contributed by atoms with E-state index in [0.717, 1.165) is 0 Å². The largest absolute Gasteiger partial charge is 0.389 e. The topological polar surface area (TPSA) is 58.4 Å². The molecule has 1 aromatic rings. The molecule has 2 rings (SSSR count). The SMILES string of the molecule is C[C@H](Cl)C(=O)N1C[C@@H](n2ccnc2)[C@@H](O)C1.